The number of amides is 1. The molecule has 4 aromatic rings. The number of hydrogen-bond acceptors (Lipinski definition) is 3. The van der Waals surface area contributed by atoms with Crippen molar-refractivity contribution >= 4 is 33.3 Å². The maximum atomic E-state index is 12.8. The number of anilines is 1. The van der Waals surface area contributed by atoms with Crippen LogP contribution in [0.2, 0.25) is 0 Å². The number of rotatable bonds is 3. The lowest BCUT2D eigenvalue weighted by Gasteiger charge is -2.09. The molecule has 1 amide bonds. The third-order valence-corrected chi connectivity index (χ3v) is 5.08. The summed E-state index contributed by atoms with van der Waals surface area (Å²) in [6.07, 6.45) is 2.13. The van der Waals surface area contributed by atoms with Crippen LogP contribution in [0, 0.1) is 0 Å². The van der Waals surface area contributed by atoms with Gasteiger partial charge in [0.1, 0.15) is 0 Å². The number of furan rings is 1. The molecule has 0 aliphatic heterocycles. The zero-order chi connectivity index (χ0) is 17.7. The zero-order valence-electron chi connectivity index (χ0n) is 14.3. The second-order valence-corrected chi connectivity index (χ2v) is 6.56. The first kappa shape index (κ1) is 15.0. The zero-order valence-corrected chi connectivity index (χ0v) is 14.3. The van der Waals surface area contributed by atoms with E-state index in [2.05, 4.69) is 29.6 Å². The van der Waals surface area contributed by atoms with Gasteiger partial charge in [-0.3, -0.25) is 4.79 Å². The number of benzene rings is 3. The predicted octanol–water partition coefficient (Wildman–Crippen LogP) is 4.95. The lowest BCUT2D eigenvalue weighted by Crippen LogP contribution is -2.11. The highest BCUT2D eigenvalue weighted by molar-refractivity contribution is 6.10. The molecule has 3 aromatic carbocycles. The largest absolute Gasteiger partial charge is 0.493 e. The average Bonchev–Trinajstić information content (AvgIpc) is 3.29. The van der Waals surface area contributed by atoms with Crippen molar-refractivity contribution in [3.63, 3.8) is 0 Å². The fourth-order valence-corrected chi connectivity index (χ4v) is 3.85. The summed E-state index contributed by atoms with van der Waals surface area (Å²) in [5.41, 5.74) is 4.09. The van der Waals surface area contributed by atoms with Crippen LogP contribution < -0.4 is 10.1 Å². The average molecular weight is 343 g/mol. The summed E-state index contributed by atoms with van der Waals surface area (Å²) in [6, 6.07) is 17.7. The van der Waals surface area contributed by atoms with Crippen molar-refractivity contribution in [2.75, 3.05) is 12.4 Å². The number of fused-ring (bicyclic) bond motifs is 1. The van der Waals surface area contributed by atoms with Crippen LogP contribution in [0.15, 0.2) is 59.0 Å². The Morgan fingerprint density at radius 3 is 2.69 bits per heavy atom. The summed E-state index contributed by atoms with van der Waals surface area (Å²) in [4.78, 5) is 12.8. The Hall–Kier alpha value is -3.27. The van der Waals surface area contributed by atoms with Crippen LogP contribution in [-0.2, 0) is 12.8 Å². The maximum absolute atomic E-state index is 12.8. The second-order valence-electron chi connectivity index (χ2n) is 6.56. The van der Waals surface area contributed by atoms with Gasteiger partial charge >= 0.3 is 0 Å². The molecule has 0 bridgehead atoms. The Morgan fingerprint density at radius 2 is 1.85 bits per heavy atom. The summed E-state index contributed by atoms with van der Waals surface area (Å²) >= 11 is 0. The van der Waals surface area contributed by atoms with Gasteiger partial charge in [0.05, 0.1) is 7.11 Å². The molecule has 4 nitrogen and oxygen atoms in total. The number of para-hydroxylation sites is 1. The first-order chi connectivity index (χ1) is 12.7. The van der Waals surface area contributed by atoms with E-state index in [0.717, 1.165) is 29.3 Å². The molecule has 0 spiro atoms. The number of carbonyl (C=O) groups excluding carboxylic acids is 1. The minimum Gasteiger partial charge on any atom is -0.493 e. The molecule has 128 valence electrons. The molecule has 0 radical (unpaired) electrons. The number of methoxy groups -OCH3 is 1. The molecule has 1 aliphatic carbocycles. The van der Waals surface area contributed by atoms with Gasteiger partial charge in [0.2, 0.25) is 0 Å². The van der Waals surface area contributed by atoms with Gasteiger partial charge in [0.15, 0.2) is 17.1 Å². The molecule has 0 saturated heterocycles. The minimum atomic E-state index is -0.262. The number of aryl methyl sites for hydroxylation is 2. The molecule has 1 N–H and O–H groups in total. The maximum Gasteiger partial charge on any atom is 0.291 e. The van der Waals surface area contributed by atoms with Crippen LogP contribution in [0.3, 0.4) is 0 Å². The quantitative estimate of drug-likeness (QED) is 0.573. The lowest BCUT2D eigenvalue weighted by atomic mass is 10.0. The van der Waals surface area contributed by atoms with E-state index in [1.165, 1.54) is 16.5 Å². The fourth-order valence-electron chi connectivity index (χ4n) is 3.85. The van der Waals surface area contributed by atoms with E-state index in [1.807, 2.05) is 24.3 Å². The smallest absolute Gasteiger partial charge is 0.291 e. The van der Waals surface area contributed by atoms with Crippen molar-refractivity contribution in [1.82, 2.24) is 0 Å². The lowest BCUT2D eigenvalue weighted by molar-refractivity contribution is 0.0998. The van der Waals surface area contributed by atoms with Crippen LogP contribution in [0.5, 0.6) is 5.75 Å². The Bertz CT molecular complexity index is 1160. The number of nitrogens with one attached hydrogen (secondary N) is 1. The van der Waals surface area contributed by atoms with Crippen molar-refractivity contribution < 1.29 is 13.9 Å². The summed E-state index contributed by atoms with van der Waals surface area (Å²) < 4.78 is 11.1. The second kappa shape index (κ2) is 5.63. The van der Waals surface area contributed by atoms with Crippen LogP contribution in [0.25, 0.3) is 21.7 Å². The Kier molecular flexibility index (Phi) is 3.25. The fraction of sp³-hybridized carbons (Fsp3) is 0.136. The SMILES string of the molecule is COc1cccc2cc(C(=O)Nc3ccc4c5c(cccc35)CC4)oc12. The first-order valence-electron chi connectivity index (χ1n) is 8.66. The van der Waals surface area contributed by atoms with Gasteiger partial charge in [0.25, 0.3) is 5.91 Å². The number of ether oxygens (including phenoxy) is 1. The molecular formula is C22H17NO3. The molecule has 0 saturated carbocycles. The molecule has 0 atom stereocenters. The van der Waals surface area contributed by atoms with Gasteiger partial charge in [-0.2, -0.15) is 0 Å². The van der Waals surface area contributed by atoms with E-state index >= 15 is 0 Å². The molecule has 0 unspecified atom stereocenters. The highest BCUT2D eigenvalue weighted by atomic mass is 16.5. The standard InChI is InChI=1S/C22H17NO3/c1-25-18-7-3-5-15-12-19(26-21(15)18)22(24)23-17-11-10-14-9-8-13-4-2-6-16(17)20(13)14/h2-7,10-12H,8-9H2,1H3,(H,23,24). The van der Waals surface area contributed by atoms with Crippen LogP contribution in [0.1, 0.15) is 21.7 Å². The van der Waals surface area contributed by atoms with Crippen molar-refractivity contribution in [3.8, 4) is 5.75 Å². The van der Waals surface area contributed by atoms with Gasteiger partial charge in [-0.1, -0.05) is 36.4 Å². The molecule has 0 fully saturated rings. The summed E-state index contributed by atoms with van der Waals surface area (Å²) in [7, 11) is 1.59. The summed E-state index contributed by atoms with van der Waals surface area (Å²) in [5, 5.41) is 6.21. The molecule has 1 aliphatic rings. The molecule has 26 heavy (non-hydrogen) atoms. The van der Waals surface area contributed by atoms with E-state index in [1.54, 1.807) is 13.2 Å². The van der Waals surface area contributed by atoms with E-state index in [4.69, 9.17) is 9.15 Å². The third-order valence-electron chi connectivity index (χ3n) is 5.08. The molecule has 1 aromatic heterocycles. The van der Waals surface area contributed by atoms with Crippen LogP contribution >= 0.6 is 0 Å². The summed E-state index contributed by atoms with van der Waals surface area (Å²) in [5.74, 6) is 0.626. The van der Waals surface area contributed by atoms with Gasteiger partial charge in [0, 0.05) is 16.5 Å². The van der Waals surface area contributed by atoms with Crippen molar-refractivity contribution in [2.45, 2.75) is 12.8 Å². The summed E-state index contributed by atoms with van der Waals surface area (Å²) in [6.45, 7) is 0. The first-order valence-corrected chi connectivity index (χ1v) is 8.66. The molecule has 4 heteroatoms. The van der Waals surface area contributed by atoms with E-state index in [-0.39, 0.29) is 11.7 Å². The van der Waals surface area contributed by atoms with Crippen molar-refractivity contribution in [2.24, 2.45) is 0 Å². The Morgan fingerprint density at radius 1 is 1.04 bits per heavy atom. The van der Waals surface area contributed by atoms with Gasteiger partial charge < -0.3 is 14.5 Å². The predicted molar refractivity (Wildman–Crippen MR) is 102 cm³/mol. The topological polar surface area (TPSA) is 51.5 Å². The van der Waals surface area contributed by atoms with Gasteiger partial charge in [-0.15, -0.1) is 0 Å². The highest BCUT2D eigenvalue weighted by Crippen LogP contribution is 2.35. The van der Waals surface area contributed by atoms with Crippen molar-refractivity contribution in [1.29, 1.82) is 0 Å². The van der Waals surface area contributed by atoms with Gasteiger partial charge in [-0.25, -0.2) is 0 Å². The Labute approximate surface area is 150 Å². The molecular weight excluding hydrogens is 326 g/mol. The normalized spacial score (nSPS) is 12.7. The molecule has 5 rings (SSSR count). The molecule has 1 heterocycles. The Balaban J connectivity index is 1.55. The van der Waals surface area contributed by atoms with E-state index in [9.17, 15) is 4.79 Å². The monoisotopic (exact) mass is 343 g/mol. The van der Waals surface area contributed by atoms with E-state index < -0.39 is 0 Å². The third kappa shape index (κ3) is 2.19. The van der Waals surface area contributed by atoms with Crippen LogP contribution in [0.4, 0.5) is 5.69 Å². The number of carbonyl (C=O) groups is 1. The van der Waals surface area contributed by atoms with E-state index in [0.29, 0.717) is 11.3 Å². The number of hydrogen-bond donors (Lipinski definition) is 1. The highest BCUT2D eigenvalue weighted by Gasteiger charge is 2.19. The van der Waals surface area contributed by atoms with Crippen molar-refractivity contribution in [3.05, 3.63) is 71.5 Å². The minimum absolute atomic E-state index is 0.262. The van der Waals surface area contributed by atoms with Crippen LogP contribution in [-0.4, -0.2) is 13.0 Å². The van der Waals surface area contributed by atoms with Gasteiger partial charge in [-0.05, 0) is 47.6 Å².